The van der Waals surface area contributed by atoms with Crippen LogP contribution in [0, 0.1) is 22.7 Å². The second-order valence-electron chi connectivity index (χ2n) is 12.9. The number of alkyl halides is 2. The lowest BCUT2D eigenvalue weighted by molar-refractivity contribution is -0.260. The Balaban J connectivity index is 1.52. The summed E-state index contributed by atoms with van der Waals surface area (Å²) in [5.74, 6) is -4.23. The molecule has 5 rings (SSSR count). The second kappa shape index (κ2) is 9.06. The molecule has 5 aliphatic rings. The largest absolute Gasteiger partial charge is 0.511 e. The average molecular weight is 569 g/mol. The number of ketones is 1. The van der Waals surface area contributed by atoms with Crippen LogP contribution in [0.5, 0.6) is 0 Å². The number of hydrogen-bond donors (Lipinski definition) is 1. The van der Waals surface area contributed by atoms with E-state index in [-0.39, 0.29) is 24.8 Å². The SMILES string of the molecule is CC(C)OC(=O)OC(C)OC(=O)[C@@]12OC(C)(C)O[C@@H]1C[C@H]1[C@@H]3C[C@H](F)C4=CC(=O)C=C[C@]4(C)[C@@]3(F)[C@@H](O)C[C@@]12C. The number of aliphatic hydroxyl groups excluding tert-OH is 1. The van der Waals surface area contributed by atoms with Crippen LogP contribution in [0.4, 0.5) is 13.6 Å². The normalized spacial score (nSPS) is 45.5. The summed E-state index contributed by atoms with van der Waals surface area (Å²) in [7, 11) is 0. The third-order valence-electron chi connectivity index (χ3n) is 9.79. The quantitative estimate of drug-likeness (QED) is 0.392. The van der Waals surface area contributed by atoms with Gasteiger partial charge in [-0.2, -0.15) is 0 Å². The molecule has 0 bridgehead atoms. The smallest absolute Gasteiger partial charge is 0.431 e. The van der Waals surface area contributed by atoms with Crippen LogP contribution in [-0.4, -0.2) is 70.8 Å². The van der Waals surface area contributed by atoms with Crippen molar-refractivity contribution >= 4 is 17.9 Å². The van der Waals surface area contributed by atoms with Crippen LogP contribution in [0.3, 0.4) is 0 Å². The van der Waals surface area contributed by atoms with Gasteiger partial charge in [-0.25, -0.2) is 18.4 Å². The van der Waals surface area contributed by atoms with E-state index in [1.165, 1.54) is 26.0 Å². The van der Waals surface area contributed by atoms with E-state index >= 15 is 8.78 Å². The van der Waals surface area contributed by atoms with Crippen molar-refractivity contribution in [2.24, 2.45) is 22.7 Å². The maximum Gasteiger partial charge on any atom is 0.511 e. The molecule has 10 atom stereocenters. The zero-order valence-corrected chi connectivity index (χ0v) is 23.9. The fourth-order valence-corrected chi connectivity index (χ4v) is 8.27. The van der Waals surface area contributed by atoms with Crippen LogP contribution >= 0.6 is 0 Å². The summed E-state index contributed by atoms with van der Waals surface area (Å²) in [6.07, 6.45) is -3.63. The number of fused-ring (bicyclic) bond motifs is 7. The summed E-state index contributed by atoms with van der Waals surface area (Å²) < 4.78 is 61.3. The molecule has 40 heavy (non-hydrogen) atoms. The van der Waals surface area contributed by atoms with Gasteiger partial charge < -0.3 is 28.8 Å². The molecule has 1 saturated heterocycles. The number of hydrogen-bond acceptors (Lipinski definition) is 9. The minimum atomic E-state index is -2.32. The Kier molecular flexibility index (Phi) is 6.60. The molecule has 222 valence electrons. The van der Waals surface area contributed by atoms with Gasteiger partial charge in [0.1, 0.15) is 12.3 Å². The van der Waals surface area contributed by atoms with Crippen molar-refractivity contribution in [3.8, 4) is 0 Å². The van der Waals surface area contributed by atoms with Gasteiger partial charge in [-0.05, 0) is 77.5 Å². The van der Waals surface area contributed by atoms with Crippen molar-refractivity contribution < 1.29 is 52.0 Å². The molecule has 1 aliphatic heterocycles. The van der Waals surface area contributed by atoms with Crippen LogP contribution < -0.4 is 0 Å². The first-order chi connectivity index (χ1) is 18.4. The number of rotatable bonds is 4. The van der Waals surface area contributed by atoms with Gasteiger partial charge in [0.2, 0.25) is 6.29 Å². The molecule has 11 heteroatoms. The molecule has 1 N–H and O–H groups in total. The van der Waals surface area contributed by atoms with Gasteiger partial charge in [0.15, 0.2) is 22.8 Å². The van der Waals surface area contributed by atoms with Crippen LogP contribution in [0.2, 0.25) is 0 Å². The summed E-state index contributed by atoms with van der Waals surface area (Å²) in [5.41, 5.74) is -6.91. The predicted octanol–water partition coefficient (Wildman–Crippen LogP) is 4.26. The number of aliphatic hydroxyl groups is 1. The highest BCUT2D eigenvalue weighted by molar-refractivity contribution is 6.01. The maximum absolute atomic E-state index is 17.5. The predicted molar refractivity (Wildman–Crippen MR) is 135 cm³/mol. The lowest BCUT2D eigenvalue weighted by Gasteiger charge is -2.63. The first kappa shape index (κ1) is 29.1. The average Bonchev–Trinajstić information content (AvgIpc) is 3.22. The van der Waals surface area contributed by atoms with Gasteiger partial charge in [0.05, 0.1) is 12.2 Å². The van der Waals surface area contributed by atoms with Gasteiger partial charge in [0.25, 0.3) is 0 Å². The molecule has 9 nitrogen and oxygen atoms in total. The molecule has 0 aromatic carbocycles. The lowest BCUT2D eigenvalue weighted by atomic mass is 9.44. The van der Waals surface area contributed by atoms with Crippen LogP contribution in [0.1, 0.15) is 67.7 Å². The highest BCUT2D eigenvalue weighted by atomic mass is 19.1. The van der Waals surface area contributed by atoms with Crippen molar-refractivity contribution in [3.05, 3.63) is 23.8 Å². The number of carbonyl (C=O) groups excluding carboxylic acids is 3. The zero-order chi connectivity index (χ0) is 29.6. The van der Waals surface area contributed by atoms with E-state index in [1.807, 2.05) is 0 Å². The molecule has 4 aliphatic carbocycles. The van der Waals surface area contributed by atoms with E-state index < -0.39 is 88.4 Å². The number of carbonyl (C=O) groups is 3. The van der Waals surface area contributed by atoms with E-state index in [1.54, 1.807) is 34.6 Å². The number of halogens is 2. The molecule has 0 amide bonds. The summed E-state index contributed by atoms with van der Waals surface area (Å²) in [6, 6.07) is 0. The molecule has 0 spiro atoms. The van der Waals surface area contributed by atoms with Crippen LogP contribution in [0.15, 0.2) is 23.8 Å². The Hall–Kier alpha value is -2.37. The maximum atomic E-state index is 17.5. The van der Waals surface area contributed by atoms with Crippen LogP contribution in [0.25, 0.3) is 0 Å². The highest BCUT2D eigenvalue weighted by Gasteiger charge is 2.81. The zero-order valence-electron chi connectivity index (χ0n) is 23.9. The fraction of sp³-hybridized carbons (Fsp3) is 0.759. The third-order valence-corrected chi connectivity index (χ3v) is 9.79. The van der Waals surface area contributed by atoms with Gasteiger partial charge >= 0.3 is 12.1 Å². The first-order valence-electron chi connectivity index (χ1n) is 13.8. The first-order valence-corrected chi connectivity index (χ1v) is 13.8. The standard InChI is InChI=1S/C29H38F2O9/c1-14(2)36-24(35)38-15(3)37-23(34)29-22(39-25(4,5)40-29)12-17-18-11-20(30)19-10-16(32)8-9-26(19,6)28(18,31)21(33)13-27(17,29)7/h8-10,14-15,17-18,20-22,33H,11-13H2,1-7H3/t15?,17-,18-,20-,21-,22+,26-,27-,28-,29-/m0/s1. The fourth-order valence-electron chi connectivity index (χ4n) is 8.27. The summed E-state index contributed by atoms with van der Waals surface area (Å²) in [5, 5.41) is 11.6. The molecule has 4 fully saturated rings. The van der Waals surface area contributed by atoms with Crippen molar-refractivity contribution in [1.29, 1.82) is 0 Å². The van der Waals surface area contributed by atoms with Gasteiger partial charge in [-0.3, -0.25) is 4.79 Å². The second-order valence-corrected chi connectivity index (χ2v) is 12.9. The summed E-state index contributed by atoms with van der Waals surface area (Å²) in [6.45, 7) is 11.1. The minimum absolute atomic E-state index is 0.0154. The summed E-state index contributed by atoms with van der Waals surface area (Å²) in [4.78, 5) is 38.0. The number of ether oxygens (including phenoxy) is 5. The van der Waals surface area contributed by atoms with Gasteiger partial charge in [-0.1, -0.05) is 13.0 Å². The van der Waals surface area contributed by atoms with Crippen LogP contribution in [-0.2, 0) is 33.3 Å². The lowest BCUT2D eigenvalue weighted by Crippen LogP contribution is -2.71. The Morgan fingerprint density at radius 3 is 2.40 bits per heavy atom. The molecule has 0 aromatic heterocycles. The molecule has 0 aromatic rings. The monoisotopic (exact) mass is 568 g/mol. The van der Waals surface area contributed by atoms with Crippen molar-refractivity contribution in [2.45, 2.75) is 116 Å². The molecule has 3 saturated carbocycles. The molecular formula is C29H38F2O9. The highest BCUT2D eigenvalue weighted by Crippen LogP contribution is 2.72. The van der Waals surface area contributed by atoms with Gasteiger partial charge in [0, 0.05) is 23.7 Å². The Morgan fingerprint density at radius 1 is 1.07 bits per heavy atom. The number of allylic oxidation sites excluding steroid dienone is 4. The Morgan fingerprint density at radius 2 is 1.75 bits per heavy atom. The van der Waals surface area contributed by atoms with Crippen molar-refractivity contribution in [2.75, 3.05) is 0 Å². The molecule has 1 unspecified atom stereocenters. The Labute approximate surface area is 232 Å². The van der Waals surface area contributed by atoms with E-state index in [0.29, 0.717) is 0 Å². The third kappa shape index (κ3) is 3.83. The van der Waals surface area contributed by atoms with Crippen molar-refractivity contribution in [1.82, 2.24) is 0 Å². The summed E-state index contributed by atoms with van der Waals surface area (Å²) >= 11 is 0. The van der Waals surface area contributed by atoms with Gasteiger partial charge in [-0.15, -0.1) is 0 Å². The van der Waals surface area contributed by atoms with E-state index in [9.17, 15) is 19.5 Å². The minimum Gasteiger partial charge on any atom is -0.431 e. The molecule has 0 radical (unpaired) electrons. The topological polar surface area (TPSA) is 118 Å². The Bertz CT molecular complexity index is 1180. The van der Waals surface area contributed by atoms with E-state index in [0.717, 1.165) is 6.08 Å². The van der Waals surface area contributed by atoms with E-state index in [4.69, 9.17) is 23.7 Å². The van der Waals surface area contributed by atoms with E-state index in [2.05, 4.69) is 0 Å². The van der Waals surface area contributed by atoms with Crippen molar-refractivity contribution in [3.63, 3.8) is 0 Å². The molecular weight excluding hydrogens is 530 g/mol. The molecule has 1 heterocycles. The number of esters is 1.